The van der Waals surface area contributed by atoms with Crippen LogP contribution in [-0.2, 0) is 67.2 Å². The molecule has 0 saturated carbocycles. The average molecular weight is 1060 g/mol. The standard InChI is InChI=1S/C50H67N13O13/c51-19-7-6-13-36(50(75)76)59-44(69)35(16-18-42(66)67)57-46(71)37(21-28-9-2-1-3-10-28)60-45(70)34(15-17-41(53)65)58-48(73)40-14-8-20-63(40)49(74)38(23-30-25-54-27-56-30)61-47(72)39(26-64)62-43(68)32(52)22-29-24-55-33-12-5-4-11-31(29)33/h1-5,9-12,24-25,27,32,34-40,55,64H,6-8,13-23,26,51-52H2,(H2,53,65)(H,54,56)(H,57,71)(H,58,73)(H,59,69)(H,60,70)(H,61,72)(H,62,68)(H,66,67)(H,75,76)/t32-,34-,35-,36-,37-,38-,39-,40-/m0/s1. The molecule has 76 heavy (non-hydrogen) atoms. The fraction of sp³-hybridized carbons (Fsp3) is 0.460. The molecule has 0 spiro atoms. The summed E-state index contributed by atoms with van der Waals surface area (Å²) < 4.78 is 0. The number of aliphatic carboxylic acids is 2. The van der Waals surface area contributed by atoms with Crippen molar-refractivity contribution in [3.8, 4) is 0 Å². The Labute approximate surface area is 436 Å². The molecule has 3 heterocycles. The Morgan fingerprint density at radius 2 is 1.30 bits per heavy atom. The number of carbonyl (C=O) groups excluding carboxylic acids is 8. The summed E-state index contributed by atoms with van der Waals surface area (Å²) in [5.74, 6) is -9.79. The second kappa shape index (κ2) is 29.0. The highest BCUT2D eigenvalue weighted by Crippen LogP contribution is 2.22. The lowest BCUT2D eigenvalue weighted by atomic mass is 10.0. The van der Waals surface area contributed by atoms with Crippen LogP contribution in [0.5, 0.6) is 0 Å². The van der Waals surface area contributed by atoms with Gasteiger partial charge in [0.2, 0.25) is 47.3 Å². The van der Waals surface area contributed by atoms with E-state index in [-0.39, 0.29) is 51.6 Å². The van der Waals surface area contributed by atoms with Crippen LogP contribution < -0.4 is 49.1 Å². The number of hydrogen-bond acceptors (Lipinski definition) is 14. The van der Waals surface area contributed by atoms with Gasteiger partial charge in [-0.05, 0) is 75.1 Å². The van der Waals surface area contributed by atoms with Crippen LogP contribution in [0.25, 0.3) is 10.9 Å². The number of nitrogens with zero attached hydrogens (tertiary/aromatic N) is 2. The highest BCUT2D eigenvalue weighted by molar-refractivity contribution is 5.98. The molecule has 1 aliphatic heterocycles. The summed E-state index contributed by atoms with van der Waals surface area (Å²) in [5.41, 5.74) is 19.7. The van der Waals surface area contributed by atoms with Crippen molar-refractivity contribution >= 4 is 70.1 Å². The van der Waals surface area contributed by atoms with Gasteiger partial charge in [0.05, 0.1) is 24.7 Å². The molecule has 0 aliphatic carbocycles. The van der Waals surface area contributed by atoms with E-state index in [9.17, 15) is 63.3 Å². The molecule has 1 aliphatic rings. The number of hydrogen-bond donors (Lipinski definition) is 14. The number of rotatable bonds is 31. The van der Waals surface area contributed by atoms with Crippen LogP contribution >= 0.6 is 0 Å². The van der Waals surface area contributed by atoms with E-state index in [2.05, 4.69) is 46.9 Å². The number of primary amides is 1. The summed E-state index contributed by atoms with van der Waals surface area (Å²) in [7, 11) is 0. The molecule has 2 aromatic heterocycles. The minimum Gasteiger partial charge on any atom is -0.481 e. The van der Waals surface area contributed by atoms with Crippen LogP contribution in [0.2, 0.25) is 0 Å². The highest BCUT2D eigenvalue weighted by atomic mass is 16.4. The van der Waals surface area contributed by atoms with Gasteiger partial charge in [0.25, 0.3) is 0 Å². The third-order valence-electron chi connectivity index (χ3n) is 12.8. The fourth-order valence-corrected chi connectivity index (χ4v) is 8.68. The van der Waals surface area contributed by atoms with Gasteiger partial charge in [0, 0.05) is 55.5 Å². The first-order chi connectivity index (χ1) is 36.4. The third-order valence-corrected chi connectivity index (χ3v) is 12.8. The van der Waals surface area contributed by atoms with Gasteiger partial charge in [0.1, 0.15) is 42.3 Å². The average Bonchev–Trinajstić information content (AvgIpc) is 4.20. The molecular formula is C50H67N13O13. The number of fused-ring (bicyclic) bond motifs is 1. The predicted octanol–water partition coefficient (Wildman–Crippen LogP) is -2.52. The van der Waals surface area contributed by atoms with Crippen molar-refractivity contribution in [3.63, 3.8) is 0 Å². The molecule has 26 heteroatoms. The van der Waals surface area contributed by atoms with Crippen molar-refractivity contribution in [1.82, 2.24) is 51.8 Å². The lowest BCUT2D eigenvalue weighted by Gasteiger charge is -2.31. The van der Waals surface area contributed by atoms with E-state index in [1.54, 1.807) is 36.5 Å². The van der Waals surface area contributed by atoms with Crippen LogP contribution in [0, 0.1) is 0 Å². The molecule has 8 amide bonds. The maximum absolute atomic E-state index is 14.5. The van der Waals surface area contributed by atoms with Gasteiger partial charge < -0.3 is 79.3 Å². The normalized spacial score (nSPS) is 15.9. The maximum Gasteiger partial charge on any atom is 0.326 e. The van der Waals surface area contributed by atoms with E-state index in [0.29, 0.717) is 30.5 Å². The molecule has 2 aromatic carbocycles. The van der Waals surface area contributed by atoms with Crippen LogP contribution in [0.4, 0.5) is 0 Å². The minimum atomic E-state index is -1.58. The lowest BCUT2D eigenvalue weighted by molar-refractivity contribution is -0.143. The van der Waals surface area contributed by atoms with Crippen molar-refractivity contribution in [2.75, 3.05) is 19.7 Å². The number of aliphatic hydroxyl groups excluding tert-OH is 1. The van der Waals surface area contributed by atoms with Crippen LogP contribution in [-0.4, -0.2) is 162 Å². The molecule has 0 bridgehead atoms. The number of aromatic nitrogens is 3. The van der Waals surface area contributed by atoms with E-state index in [0.717, 1.165) is 16.5 Å². The molecule has 5 rings (SSSR count). The van der Waals surface area contributed by atoms with Crippen LogP contribution in [0.15, 0.2) is 73.3 Å². The van der Waals surface area contributed by atoms with E-state index >= 15 is 0 Å². The van der Waals surface area contributed by atoms with Gasteiger partial charge in [-0.25, -0.2) is 9.78 Å². The van der Waals surface area contributed by atoms with Gasteiger partial charge in [-0.1, -0.05) is 48.5 Å². The third kappa shape index (κ3) is 17.4. The summed E-state index contributed by atoms with van der Waals surface area (Å²) in [4.78, 5) is 145. The number of aromatic amines is 2. The molecule has 8 atom stereocenters. The van der Waals surface area contributed by atoms with Gasteiger partial charge in [-0.2, -0.15) is 0 Å². The van der Waals surface area contributed by atoms with Crippen LogP contribution in [0.1, 0.15) is 74.6 Å². The summed E-state index contributed by atoms with van der Waals surface area (Å²) in [6, 6.07) is 4.32. The molecule has 26 nitrogen and oxygen atoms in total. The summed E-state index contributed by atoms with van der Waals surface area (Å²) in [6.07, 6.45) is 3.54. The van der Waals surface area contributed by atoms with Gasteiger partial charge in [-0.15, -0.1) is 0 Å². The monoisotopic (exact) mass is 1060 g/mol. The zero-order valence-corrected chi connectivity index (χ0v) is 41.7. The van der Waals surface area contributed by atoms with Crippen molar-refractivity contribution in [1.29, 1.82) is 0 Å². The van der Waals surface area contributed by atoms with Crippen molar-refractivity contribution in [2.45, 2.75) is 125 Å². The van der Waals surface area contributed by atoms with E-state index in [4.69, 9.17) is 17.2 Å². The Morgan fingerprint density at radius 1 is 0.684 bits per heavy atom. The van der Waals surface area contributed by atoms with E-state index in [1.807, 2.05) is 24.3 Å². The Hall–Kier alpha value is -8.23. The van der Waals surface area contributed by atoms with Crippen molar-refractivity contribution in [2.24, 2.45) is 17.2 Å². The lowest BCUT2D eigenvalue weighted by Crippen LogP contribution is -2.60. The van der Waals surface area contributed by atoms with E-state index in [1.165, 1.54) is 17.4 Å². The Balaban J connectivity index is 1.32. The molecular weight excluding hydrogens is 991 g/mol. The van der Waals surface area contributed by atoms with E-state index < -0.39 is 133 Å². The molecule has 17 N–H and O–H groups in total. The number of carboxylic acid groups (broad SMARTS) is 2. The molecule has 0 unspecified atom stereocenters. The Morgan fingerprint density at radius 3 is 1.96 bits per heavy atom. The number of carboxylic acids is 2. The highest BCUT2D eigenvalue weighted by Gasteiger charge is 2.41. The zero-order valence-electron chi connectivity index (χ0n) is 41.7. The van der Waals surface area contributed by atoms with Gasteiger partial charge >= 0.3 is 11.9 Å². The number of aliphatic hydroxyl groups is 1. The van der Waals surface area contributed by atoms with Gasteiger partial charge in [0.15, 0.2) is 0 Å². The first kappa shape index (κ1) is 58.7. The number of H-pyrrole nitrogens is 2. The topological polar surface area (TPSA) is 429 Å². The van der Waals surface area contributed by atoms with Gasteiger partial charge in [-0.3, -0.25) is 43.2 Å². The second-order valence-electron chi connectivity index (χ2n) is 18.4. The summed E-state index contributed by atoms with van der Waals surface area (Å²) in [6.45, 7) is -0.584. The minimum absolute atomic E-state index is 0.00557. The number of carbonyl (C=O) groups is 10. The van der Waals surface area contributed by atoms with Crippen molar-refractivity contribution < 1.29 is 63.3 Å². The molecule has 1 fully saturated rings. The maximum atomic E-state index is 14.5. The predicted molar refractivity (Wildman–Crippen MR) is 272 cm³/mol. The SMILES string of the molecule is NCCCC[C@H](NC(=O)[C@H](CCC(=O)O)NC(=O)[C@H](Cc1ccccc1)NC(=O)[C@H](CCC(N)=O)NC(=O)[C@@H]1CCCN1C(=O)[C@H](Cc1c[nH]cn1)NC(=O)[C@H](CO)NC(=O)[C@@H](N)Cc1c[nH]c2ccccc12)C(=O)O. The molecule has 410 valence electrons. The quantitative estimate of drug-likeness (QED) is 0.0231. The Kier molecular flexibility index (Phi) is 22.4. The first-order valence-corrected chi connectivity index (χ1v) is 24.9. The van der Waals surface area contributed by atoms with Crippen LogP contribution in [0.3, 0.4) is 0 Å². The first-order valence-electron chi connectivity index (χ1n) is 24.9. The number of likely N-dealkylation sites (tertiary alicyclic amines) is 1. The second-order valence-corrected chi connectivity index (χ2v) is 18.4. The number of imidazole rings is 1. The zero-order chi connectivity index (χ0) is 55.3. The fourth-order valence-electron chi connectivity index (χ4n) is 8.68. The smallest absolute Gasteiger partial charge is 0.326 e. The summed E-state index contributed by atoms with van der Waals surface area (Å²) in [5, 5.41) is 45.3. The molecule has 1 saturated heterocycles. The number of benzene rings is 2. The van der Waals surface area contributed by atoms with Crippen molar-refractivity contribution in [3.05, 3.63) is 90.1 Å². The number of nitrogens with two attached hydrogens (primary N) is 3. The molecule has 4 aromatic rings. The largest absolute Gasteiger partial charge is 0.481 e. The summed E-state index contributed by atoms with van der Waals surface area (Å²) >= 11 is 0. The number of amides is 8. The number of nitrogens with one attached hydrogen (secondary N) is 8. The Bertz CT molecular complexity index is 2650. The number of unbranched alkanes of at least 4 members (excludes halogenated alkanes) is 1. The molecule has 0 radical (unpaired) electrons. The number of para-hydroxylation sites is 1.